The minimum absolute atomic E-state index is 0.0140. The highest BCUT2D eigenvalue weighted by Gasteiger charge is 2.54. The minimum atomic E-state index is -0.0140. The van der Waals surface area contributed by atoms with Crippen LogP contribution in [-0.4, -0.2) is 38.3 Å². The summed E-state index contributed by atoms with van der Waals surface area (Å²) in [6.07, 6.45) is 3.81. The van der Waals surface area contributed by atoms with E-state index in [9.17, 15) is 4.79 Å². The van der Waals surface area contributed by atoms with Crippen molar-refractivity contribution in [1.82, 2.24) is 10.6 Å². The molecule has 0 aromatic rings. The van der Waals surface area contributed by atoms with E-state index in [4.69, 9.17) is 4.74 Å². The van der Waals surface area contributed by atoms with Crippen molar-refractivity contribution in [3.05, 3.63) is 0 Å². The lowest BCUT2D eigenvalue weighted by Crippen LogP contribution is -2.47. The van der Waals surface area contributed by atoms with Gasteiger partial charge in [0.1, 0.15) is 6.61 Å². The Kier molecular flexibility index (Phi) is 2.74. The molecule has 1 heterocycles. The van der Waals surface area contributed by atoms with E-state index in [0.717, 1.165) is 19.0 Å². The molecule has 14 heavy (non-hydrogen) atoms. The van der Waals surface area contributed by atoms with Gasteiger partial charge in [0.2, 0.25) is 5.91 Å². The zero-order valence-corrected chi connectivity index (χ0v) is 8.64. The molecule has 0 spiro atoms. The number of amides is 1. The SMILES string of the molecule is COCC(=O)NCC12CC1CCCN2. The Labute approximate surface area is 84.4 Å². The number of carbonyl (C=O) groups is 1. The van der Waals surface area contributed by atoms with Crippen molar-refractivity contribution in [3.63, 3.8) is 0 Å². The number of hydrogen-bond donors (Lipinski definition) is 2. The molecule has 2 rings (SSSR count). The van der Waals surface area contributed by atoms with Crippen molar-refractivity contribution < 1.29 is 9.53 Å². The fraction of sp³-hybridized carbons (Fsp3) is 0.900. The summed E-state index contributed by atoms with van der Waals surface area (Å²) in [7, 11) is 1.54. The monoisotopic (exact) mass is 198 g/mol. The van der Waals surface area contributed by atoms with Crippen molar-refractivity contribution in [1.29, 1.82) is 0 Å². The fourth-order valence-electron chi connectivity index (χ4n) is 2.38. The Morgan fingerprint density at radius 1 is 1.71 bits per heavy atom. The summed E-state index contributed by atoms with van der Waals surface area (Å²) >= 11 is 0. The average Bonchev–Trinajstić information content (AvgIpc) is 2.90. The molecule has 0 aromatic heterocycles. The molecular formula is C10H18N2O2. The number of hydrogen-bond acceptors (Lipinski definition) is 3. The molecule has 1 aliphatic carbocycles. The molecule has 80 valence electrons. The number of piperidine rings is 1. The zero-order chi connectivity index (χ0) is 10.0. The van der Waals surface area contributed by atoms with Gasteiger partial charge < -0.3 is 15.4 Å². The van der Waals surface area contributed by atoms with Crippen molar-refractivity contribution in [2.45, 2.75) is 24.8 Å². The Bertz CT molecular complexity index is 232. The highest BCUT2D eigenvalue weighted by molar-refractivity contribution is 5.77. The van der Waals surface area contributed by atoms with E-state index in [0.29, 0.717) is 0 Å². The van der Waals surface area contributed by atoms with Gasteiger partial charge in [0, 0.05) is 19.2 Å². The predicted octanol–water partition coefficient (Wildman–Crippen LogP) is -0.109. The molecule has 2 N–H and O–H groups in total. The lowest BCUT2D eigenvalue weighted by atomic mass is 10.1. The maximum Gasteiger partial charge on any atom is 0.246 e. The molecule has 0 radical (unpaired) electrons. The first kappa shape index (κ1) is 9.93. The van der Waals surface area contributed by atoms with E-state index >= 15 is 0 Å². The number of fused-ring (bicyclic) bond motifs is 1. The predicted molar refractivity (Wildman–Crippen MR) is 53.0 cm³/mol. The summed E-state index contributed by atoms with van der Waals surface area (Å²) in [5, 5.41) is 6.42. The molecule has 4 heteroatoms. The third-order valence-corrected chi connectivity index (χ3v) is 3.31. The smallest absolute Gasteiger partial charge is 0.246 e. The Hall–Kier alpha value is -0.610. The second-order valence-corrected chi connectivity index (χ2v) is 4.34. The second kappa shape index (κ2) is 3.87. The number of carbonyl (C=O) groups excluding carboxylic acids is 1. The number of ether oxygens (including phenoxy) is 1. The molecule has 0 bridgehead atoms. The third kappa shape index (κ3) is 1.91. The highest BCUT2D eigenvalue weighted by Crippen LogP contribution is 2.48. The summed E-state index contributed by atoms with van der Waals surface area (Å²) in [4.78, 5) is 11.2. The maximum atomic E-state index is 11.2. The summed E-state index contributed by atoms with van der Waals surface area (Å²) in [5.41, 5.74) is 0.238. The third-order valence-electron chi connectivity index (χ3n) is 3.31. The number of nitrogens with one attached hydrogen (secondary N) is 2. The number of rotatable bonds is 4. The van der Waals surface area contributed by atoms with Gasteiger partial charge in [-0.05, 0) is 31.7 Å². The van der Waals surface area contributed by atoms with Crippen LogP contribution in [0.4, 0.5) is 0 Å². The van der Waals surface area contributed by atoms with E-state index in [1.165, 1.54) is 26.4 Å². The quantitative estimate of drug-likeness (QED) is 0.663. The van der Waals surface area contributed by atoms with E-state index in [1.54, 1.807) is 0 Å². The largest absolute Gasteiger partial charge is 0.375 e. The Morgan fingerprint density at radius 2 is 2.57 bits per heavy atom. The van der Waals surface area contributed by atoms with Crippen LogP contribution >= 0.6 is 0 Å². The van der Waals surface area contributed by atoms with Crippen molar-refractivity contribution in [3.8, 4) is 0 Å². The molecule has 4 nitrogen and oxygen atoms in total. The van der Waals surface area contributed by atoms with Crippen molar-refractivity contribution >= 4 is 5.91 Å². The van der Waals surface area contributed by atoms with Gasteiger partial charge in [-0.3, -0.25) is 4.79 Å². The first-order valence-corrected chi connectivity index (χ1v) is 5.27. The first-order chi connectivity index (χ1) is 6.77. The van der Waals surface area contributed by atoms with Crippen LogP contribution in [0.5, 0.6) is 0 Å². The first-order valence-electron chi connectivity index (χ1n) is 5.27. The van der Waals surface area contributed by atoms with Crippen molar-refractivity contribution in [2.24, 2.45) is 5.92 Å². The van der Waals surface area contributed by atoms with Crippen LogP contribution in [0.2, 0.25) is 0 Å². The lowest BCUT2D eigenvalue weighted by molar-refractivity contribution is -0.124. The number of methoxy groups -OCH3 is 1. The molecule has 1 saturated carbocycles. The summed E-state index contributed by atoms with van der Waals surface area (Å²) < 4.78 is 4.76. The normalized spacial score (nSPS) is 34.8. The van der Waals surface area contributed by atoms with Gasteiger partial charge in [-0.25, -0.2) is 0 Å². The minimum Gasteiger partial charge on any atom is -0.375 e. The van der Waals surface area contributed by atoms with Crippen LogP contribution in [0.25, 0.3) is 0 Å². The Balaban J connectivity index is 1.73. The standard InChI is InChI=1S/C10H18N2O2/c1-14-6-9(13)11-7-10-5-8(10)3-2-4-12-10/h8,12H,2-7H2,1H3,(H,11,13). The van der Waals surface area contributed by atoms with Gasteiger partial charge in [-0.2, -0.15) is 0 Å². The average molecular weight is 198 g/mol. The van der Waals surface area contributed by atoms with Gasteiger partial charge in [-0.1, -0.05) is 0 Å². The van der Waals surface area contributed by atoms with Gasteiger partial charge in [0.05, 0.1) is 0 Å². The molecule has 2 atom stereocenters. The Morgan fingerprint density at radius 3 is 3.29 bits per heavy atom. The molecular weight excluding hydrogens is 180 g/mol. The van der Waals surface area contributed by atoms with Crippen LogP contribution in [0.15, 0.2) is 0 Å². The van der Waals surface area contributed by atoms with Crippen LogP contribution in [0, 0.1) is 5.92 Å². The topological polar surface area (TPSA) is 50.4 Å². The second-order valence-electron chi connectivity index (χ2n) is 4.34. The summed E-state index contributed by atoms with van der Waals surface area (Å²) in [6, 6.07) is 0. The van der Waals surface area contributed by atoms with Gasteiger partial charge in [0.25, 0.3) is 0 Å². The van der Waals surface area contributed by atoms with Gasteiger partial charge in [-0.15, -0.1) is 0 Å². The van der Waals surface area contributed by atoms with Crippen molar-refractivity contribution in [2.75, 3.05) is 26.8 Å². The van der Waals surface area contributed by atoms with Crippen LogP contribution in [0.3, 0.4) is 0 Å². The lowest BCUT2D eigenvalue weighted by Gasteiger charge is -2.24. The van der Waals surface area contributed by atoms with Gasteiger partial charge in [0.15, 0.2) is 0 Å². The summed E-state index contributed by atoms with van der Waals surface area (Å²) in [6.45, 7) is 2.03. The van der Waals surface area contributed by atoms with Gasteiger partial charge >= 0.3 is 0 Å². The fourth-order valence-corrected chi connectivity index (χ4v) is 2.38. The molecule has 2 unspecified atom stereocenters. The molecule has 0 aromatic carbocycles. The van der Waals surface area contributed by atoms with Crippen LogP contribution < -0.4 is 10.6 Å². The van der Waals surface area contributed by atoms with E-state index in [1.807, 2.05) is 0 Å². The molecule has 2 aliphatic rings. The molecule has 1 amide bonds. The summed E-state index contributed by atoms with van der Waals surface area (Å²) in [5.74, 6) is 0.777. The van der Waals surface area contributed by atoms with Crippen LogP contribution in [0.1, 0.15) is 19.3 Å². The molecule has 1 saturated heterocycles. The van der Waals surface area contributed by atoms with E-state index in [-0.39, 0.29) is 18.1 Å². The maximum absolute atomic E-state index is 11.2. The van der Waals surface area contributed by atoms with E-state index in [2.05, 4.69) is 10.6 Å². The van der Waals surface area contributed by atoms with E-state index < -0.39 is 0 Å². The molecule has 2 fully saturated rings. The molecule has 1 aliphatic heterocycles. The van der Waals surface area contributed by atoms with Crippen LogP contribution in [-0.2, 0) is 9.53 Å². The zero-order valence-electron chi connectivity index (χ0n) is 8.64. The highest BCUT2D eigenvalue weighted by atomic mass is 16.5.